The van der Waals surface area contributed by atoms with E-state index in [0.29, 0.717) is 36.7 Å². The SMILES string of the molecule is CN(Cc1c(F)cccc1Cl)C(=O)NC1CCN(C(=O)c2ccco2)CC1. The highest BCUT2D eigenvalue weighted by molar-refractivity contribution is 6.31. The van der Waals surface area contributed by atoms with Crippen LogP contribution < -0.4 is 5.32 Å². The van der Waals surface area contributed by atoms with Gasteiger partial charge in [0.1, 0.15) is 5.82 Å². The van der Waals surface area contributed by atoms with Crippen molar-refractivity contribution in [2.75, 3.05) is 20.1 Å². The van der Waals surface area contributed by atoms with Crippen LogP contribution in [0.4, 0.5) is 9.18 Å². The number of benzene rings is 1. The van der Waals surface area contributed by atoms with Gasteiger partial charge in [-0.3, -0.25) is 4.79 Å². The molecule has 0 radical (unpaired) electrons. The van der Waals surface area contributed by atoms with Crippen molar-refractivity contribution in [1.29, 1.82) is 0 Å². The molecule has 0 spiro atoms. The van der Waals surface area contributed by atoms with Crippen LogP contribution in [-0.4, -0.2) is 47.9 Å². The highest BCUT2D eigenvalue weighted by Crippen LogP contribution is 2.20. The minimum absolute atomic E-state index is 0.0447. The van der Waals surface area contributed by atoms with Crippen LogP contribution >= 0.6 is 11.6 Å². The third-order valence-corrected chi connectivity index (χ3v) is 5.00. The molecule has 8 heteroatoms. The van der Waals surface area contributed by atoms with Crippen LogP contribution in [0.1, 0.15) is 29.0 Å². The second kappa shape index (κ2) is 8.43. The monoisotopic (exact) mass is 393 g/mol. The zero-order valence-corrected chi connectivity index (χ0v) is 15.7. The molecule has 27 heavy (non-hydrogen) atoms. The van der Waals surface area contributed by atoms with E-state index in [0.717, 1.165) is 0 Å². The quantitative estimate of drug-likeness (QED) is 0.864. The van der Waals surface area contributed by atoms with Crippen molar-refractivity contribution in [3.8, 4) is 0 Å². The first-order valence-corrected chi connectivity index (χ1v) is 9.11. The molecule has 1 N–H and O–H groups in total. The maximum absolute atomic E-state index is 13.9. The molecule has 0 bridgehead atoms. The van der Waals surface area contributed by atoms with Crippen molar-refractivity contribution >= 4 is 23.5 Å². The molecule has 3 rings (SSSR count). The molecule has 0 atom stereocenters. The van der Waals surface area contributed by atoms with Gasteiger partial charge in [0.15, 0.2) is 5.76 Å². The first kappa shape index (κ1) is 19.2. The number of hydrogen-bond acceptors (Lipinski definition) is 3. The van der Waals surface area contributed by atoms with Crippen molar-refractivity contribution in [2.24, 2.45) is 0 Å². The highest BCUT2D eigenvalue weighted by Gasteiger charge is 2.26. The lowest BCUT2D eigenvalue weighted by atomic mass is 10.0. The van der Waals surface area contributed by atoms with E-state index in [1.54, 1.807) is 30.1 Å². The van der Waals surface area contributed by atoms with Gasteiger partial charge in [-0.05, 0) is 37.1 Å². The molecule has 2 aromatic rings. The lowest BCUT2D eigenvalue weighted by molar-refractivity contribution is 0.0674. The zero-order valence-electron chi connectivity index (χ0n) is 15.0. The van der Waals surface area contributed by atoms with Gasteiger partial charge in [-0.15, -0.1) is 0 Å². The largest absolute Gasteiger partial charge is 0.459 e. The fourth-order valence-electron chi connectivity index (χ4n) is 3.06. The lowest BCUT2D eigenvalue weighted by Gasteiger charge is -2.32. The van der Waals surface area contributed by atoms with Gasteiger partial charge in [-0.1, -0.05) is 17.7 Å². The van der Waals surface area contributed by atoms with Crippen molar-refractivity contribution in [3.05, 3.63) is 58.8 Å². The second-order valence-corrected chi connectivity index (χ2v) is 6.96. The summed E-state index contributed by atoms with van der Waals surface area (Å²) in [6, 6.07) is 7.41. The third kappa shape index (κ3) is 4.60. The Morgan fingerprint density at radius 2 is 2.04 bits per heavy atom. The smallest absolute Gasteiger partial charge is 0.317 e. The van der Waals surface area contributed by atoms with E-state index in [4.69, 9.17) is 16.0 Å². The minimum atomic E-state index is -0.438. The molecular weight excluding hydrogens is 373 g/mol. The molecule has 3 amide bonds. The topological polar surface area (TPSA) is 65.8 Å². The second-order valence-electron chi connectivity index (χ2n) is 6.55. The summed E-state index contributed by atoms with van der Waals surface area (Å²) in [7, 11) is 1.59. The molecule has 0 saturated carbocycles. The fourth-order valence-corrected chi connectivity index (χ4v) is 3.28. The molecule has 1 saturated heterocycles. The number of hydrogen-bond donors (Lipinski definition) is 1. The molecule has 1 fully saturated rings. The van der Waals surface area contributed by atoms with Gasteiger partial charge in [-0.2, -0.15) is 0 Å². The Morgan fingerprint density at radius 1 is 1.30 bits per heavy atom. The van der Waals surface area contributed by atoms with Gasteiger partial charge in [0.05, 0.1) is 12.8 Å². The number of amides is 3. The number of piperidine rings is 1. The van der Waals surface area contributed by atoms with E-state index in [2.05, 4.69) is 5.32 Å². The first-order chi connectivity index (χ1) is 13.0. The van der Waals surface area contributed by atoms with Crippen molar-refractivity contribution < 1.29 is 18.4 Å². The summed E-state index contributed by atoms with van der Waals surface area (Å²) < 4.78 is 19.0. The van der Waals surface area contributed by atoms with Gasteiger partial charge in [-0.25, -0.2) is 9.18 Å². The Bertz CT molecular complexity index is 784. The molecule has 1 aliphatic rings. The molecule has 0 unspecified atom stereocenters. The summed E-state index contributed by atoms with van der Waals surface area (Å²) in [4.78, 5) is 27.8. The number of nitrogens with one attached hydrogen (secondary N) is 1. The molecule has 6 nitrogen and oxygen atoms in total. The Balaban J connectivity index is 1.50. The van der Waals surface area contributed by atoms with E-state index in [9.17, 15) is 14.0 Å². The molecule has 1 aliphatic heterocycles. The standard InChI is InChI=1S/C19H21ClFN3O3/c1-23(12-14-15(20)4-2-5-16(14)21)19(26)22-13-7-9-24(10-8-13)18(25)17-6-3-11-27-17/h2-6,11,13H,7-10,12H2,1H3,(H,22,26). The number of carbonyl (C=O) groups excluding carboxylic acids is 2. The van der Waals surface area contributed by atoms with Crippen LogP contribution in [0.15, 0.2) is 41.0 Å². The first-order valence-electron chi connectivity index (χ1n) is 8.73. The average Bonchev–Trinajstić information content (AvgIpc) is 3.19. The molecule has 0 aliphatic carbocycles. The van der Waals surface area contributed by atoms with Gasteiger partial charge < -0.3 is 19.5 Å². The molecule has 144 valence electrons. The molecular formula is C19H21ClFN3O3. The number of rotatable bonds is 4. The maximum atomic E-state index is 13.9. The predicted octanol–water partition coefficient (Wildman–Crippen LogP) is 3.52. The Morgan fingerprint density at radius 3 is 2.67 bits per heavy atom. The predicted molar refractivity (Wildman–Crippen MR) is 99.0 cm³/mol. The van der Waals surface area contributed by atoms with Crippen molar-refractivity contribution in [1.82, 2.24) is 15.1 Å². The van der Waals surface area contributed by atoms with Crippen molar-refractivity contribution in [3.63, 3.8) is 0 Å². The zero-order chi connectivity index (χ0) is 19.4. The number of likely N-dealkylation sites (tertiary alicyclic amines) is 1. The summed E-state index contributed by atoms with van der Waals surface area (Å²) in [5, 5.41) is 3.22. The highest BCUT2D eigenvalue weighted by atomic mass is 35.5. The minimum Gasteiger partial charge on any atom is -0.459 e. The number of furan rings is 1. The van der Waals surface area contributed by atoms with E-state index < -0.39 is 5.82 Å². The van der Waals surface area contributed by atoms with Gasteiger partial charge in [0.25, 0.3) is 5.91 Å². The Kier molecular flexibility index (Phi) is 6.01. The summed E-state index contributed by atoms with van der Waals surface area (Å²) in [6.45, 7) is 1.15. The number of halogens is 2. The Hall–Kier alpha value is -2.54. The van der Waals surface area contributed by atoms with Crippen LogP contribution in [-0.2, 0) is 6.54 Å². The van der Waals surface area contributed by atoms with E-state index in [1.165, 1.54) is 23.3 Å². The van der Waals surface area contributed by atoms with Crippen LogP contribution in [0, 0.1) is 5.82 Å². The van der Waals surface area contributed by atoms with Crippen LogP contribution in [0.2, 0.25) is 5.02 Å². The van der Waals surface area contributed by atoms with E-state index in [-0.39, 0.29) is 30.1 Å². The fraction of sp³-hybridized carbons (Fsp3) is 0.368. The average molecular weight is 394 g/mol. The van der Waals surface area contributed by atoms with Gasteiger partial charge in [0.2, 0.25) is 0 Å². The van der Waals surface area contributed by atoms with Gasteiger partial charge >= 0.3 is 6.03 Å². The molecule has 2 heterocycles. The maximum Gasteiger partial charge on any atom is 0.317 e. The Labute approximate surface area is 161 Å². The number of nitrogens with zero attached hydrogens (tertiary/aromatic N) is 2. The normalized spacial score (nSPS) is 14.9. The van der Waals surface area contributed by atoms with Gasteiger partial charge in [0, 0.05) is 36.8 Å². The lowest BCUT2D eigenvalue weighted by Crippen LogP contribution is -2.49. The van der Waals surface area contributed by atoms with Crippen LogP contribution in [0.3, 0.4) is 0 Å². The van der Waals surface area contributed by atoms with E-state index in [1.807, 2.05) is 0 Å². The van der Waals surface area contributed by atoms with Crippen LogP contribution in [0.25, 0.3) is 0 Å². The molecule has 1 aromatic carbocycles. The van der Waals surface area contributed by atoms with Crippen LogP contribution in [0.5, 0.6) is 0 Å². The van der Waals surface area contributed by atoms with E-state index >= 15 is 0 Å². The summed E-state index contributed by atoms with van der Waals surface area (Å²) in [6.07, 6.45) is 2.76. The number of carbonyl (C=O) groups is 2. The summed E-state index contributed by atoms with van der Waals surface area (Å²) >= 11 is 6.01. The van der Waals surface area contributed by atoms with Crippen molar-refractivity contribution in [2.45, 2.75) is 25.4 Å². The third-order valence-electron chi connectivity index (χ3n) is 4.65. The molecule has 1 aromatic heterocycles. The summed E-state index contributed by atoms with van der Waals surface area (Å²) in [5.41, 5.74) is 0.288. The number of urea groups is 1. The summed E-state index contributed by atoms with van der Waals surface area (Å²) in [5.74, 6) is -0.262.